The highest BCUT2D eigenvalue weighted by atomic mass is 32.2. The van der Waals surface area contributed by atoms with Crippen molar-refractivity contribution in [3.8, 4) is 22.6 Å². The number of hydrogen-bond acceptors (Lipinski definition) is 8. The first-order chi connectivity index (χ1) is 24.6. The van der Waals surface area contributed by atoms with Crippen molar-refractivity contribution in [2.75, 3.05) is 5.75 Å². The van der Waals surface area contributed by atoms with Gasteiger partial charge in [-0.25, -0.2) is 9.59 Å². The Morgan fingerprint density at radius 3 is 2.10 bits per heavy atom. The van der Waals surface area contributed by atoms with E-state index in [1.54, 1.807) is 31.7 Å². The summed E-state index contributed by atoms with van der Waals surface area (Å²) in [6, 6.07) is 30.5. The molecule has 3 unspecified atom stereocenters. The van der Waals surface area contributed by atoms with Crippen LogP contribution in [-0.2, 0) is 30.3 Å². The largest absolute Gasteiger partial charge is 0.456 e. The first-order valence-electron chi connectivity index (χ1n) is 16.8. The number of fused-ring (bicyclic) bond motifs is 4. The third kappa shape index (κ3) is 5.11. The average Bonchev–Trinajstić information content (AvgIpc) is 3.89. The molecule has 254 valence electrons. The number of esters is 2. The van der Waals surface area contributed by atoms with Gasteiger partial charge in [-0.1, -0.05) is 73.8 Å². The third-order valence-corrected chi connectivity index (χ3v) is 12.3. The number of ether oxygens (including phenoxy) is 3. The van der Waals surface area contributed by atoms with Crippen LogP contribution in [0.2, 0.25) is 0 Å². The van der Waals surface area contributed by atoms with Gasteiger partial charge in [-0.05, 0) is 85.3 Å². The van der Waals surface area contributed by atoms with Crippen molar-refractivity contribution in [1.82, 2.24) is 0 Å². The van der Waals surface area contributed by atoms with Crippen molar-refractivity contribution >= 4 is 40.8 Å². The Labute approximate surface area is 304 Å². The van der Waals surface area contributed by atoms with Crippen molar-refractivity contribution in [1.29, 1.82) is 0 Å². The minimum absolute atomic E-state index is 0.0643. The Kier molecular flexibility index (Phi) is 8.12. The number of rotatable bonds is 7. The van der Waals surface area contributed by atoms with E-state index < -0.39 is 23.1 Å². The number of thiophene rings is 1. The summed E-state index contributed by atoms with van der Waals surface area (Å²) in [4.78, 5) is 41.9. The normalized spacial score (nSPS) is 21.3. The summed E-state index contributed by atoms with van der Waals surface area (Å²) in [6.45, 7) is 11.0. The Balaban J connectivity index is 1.36. The third-order valence-electron chi connectivity index (χ3n) is 9.86. The zero-order chi connectivity index (χ0) is 35.5. The fourth-order valence-electron chi connectivity index (χ4n) is 7.49. The summed E-state index contributed by atoms with van der Waals surface area (Å²) in [5, 5.41) is 1.87. The van der Waals surface area contributed by atoms with Gasteiger partial charge >= 0.3 is 11.9 Å². The van der Waals surface area contributed by atoms with Crippen molar-refractivity contribution in [3.63, 3.8) is 0 Å². The van der Waals surface area contributed by atoms with E-state index >= 15 is 0 Å². The van der Waals surface area contributed by atoms with E-state index in [0.29, 0.717) is 39.3 Å². The zero-order valence-electron chi connectivity index (χ0n) is 28.2. The van der Waals surface area contributed by atoms with Gasteiger partial charge in [-0.2, -0.15) is 11.8 Å². The highest BCUT2D eigenvalue weighted by molar-refractivity contribution is 8.00. The first-order valence-corrected chi connectivity index (χ1v) is 18.7. The Morgan fingerprint density at radius 1 is 0.745 bits per heavy atom. The van der Waals surface area contributed by atoms with Gasteiger partial charge in [0, 0.05) is 44.5 Å². The van der Waals surface area contributed by atoms with Crippen molar-refractivity contribution in [2.24, 2.45) is 0 Å². The Morgan fingerprint density at radius 2 is 1.39 bits per heavy atom. The number of benzene rings is 4. The van der Waals surface area contributed by atoms with Gasteiger partial charge in [0.25, 0.3) is 0 Å². The molecule has 3 atom stereocenters. The Hall–Kier alpha value is -5.18. The lowest BCUT2D eigenvalue weighted by Gasteiger charge is -2.43. The monoisotopic (exact) mass is 710 g/mol. The topological polar surface area (TPSA) is 78.9 Å². The molecule has 8 rings (SSSR count). The van der Waals surface area contributed by atoms with Crippen LogP contribution in [0.1, 0.15) is 69.7 Å². The number of para-hydroxylation sites is 1. The van der Waals surface area contributed by atoms with Gasteiger partial charge in [-0.3, -0.25) is 4.79 Å². The molecule has 1 aliphatic carbocycles. The molecule has 3 heterocycles. The molecule has 4 aromatic carbocycles. The molecule has 1 aromatic heterocycles. The second-order valence-electron chi connectivity index (χ2n) is 13.2. The molecule has 0 amide bonds. The predicted molar refractivity (Wildman–Crippen MR) is 201 cm³/mol. The number of thioether (sulfide) groups is 1. The number of hydrogen-bond donors (Lipinski definition) is 0. The van der Waals surface area contributed by atoms with Crippen LogP contribution in [0, 0.1) is 0 Å². The number of ketones is 1. The molecule has 8 heteroatoms. The molecule has 0 N–H and O–H groups in total. The van der Waals surface area contributed by atoms with E-state index in [-0.39, 0.29) is 16.6 Å². The lowest BCUT2D eigenvalue weighted by Crippen LogP contribution is -2.44. The van der Waals surface area contributed by atoms with Crippen LogP contribution in [0.25, 0.3) is 11.1 Å². The molecule has 0 saturated carbocycles. The number of carbonyl (C=O) groups excluding carboxylic acids is 3. The summed E-state index contributed by atoms with van der Waals surface area (Å²) >= 11 is 3.25. The summed E-state index contributed by atoms with van der Waals surface area (Å²) in [5.74, 6) is 1.01. The van der Waals surface area contributed by atoms with E-state index in [9.17, 15) is 14.4 Å². The van der Waals surface area contributed by atoms with E-state index in [1.165, 1.54) is 11.3 Å². The molecular weight excluding hydrogens is 677 g/mol. The van der Waals surface area contributed by atoms with Crippen LogP contribution >= 0.6 is 23.1 Å². The summed E-state index contributed by atoms with van der Waals surface area (Å²) < 4.78 is 19.6. The maximum Gasteiger partial charge on any atom is 0.334 e. The standard InChI is InChI=1S/C43H34O6S2/c1-25(2)40(45)48-42(37-15-9-21-50-37)31-12-6-5-11-29(31)39(44)30-19-17-27(23-33(30)42)28-18-20-36-34(24-28)43(38-16-10-22-51-38,49-41(46)26(3)4)32-13-7-8-14-35(32)47-36/h5-9,11-15,17-21,23-24,38H,1,3,10,16,22H2,2,4H3. The highest BCUT2D eigenvalue weighted by Gasteiger charge is 2.53. The lowest BCUT2D eigenvalue weighted by atomic mass is 9.72. The molecule has 1 fully saturated rings. The number of carbonyl (C=O) groups is 3. The average molecular weight is 711 g/mol. The van der Waals surface area contributed by atoms with E-state index in [1.807, 2.05) is 96.4 Å². The Bertz CT molecular complexity index is 2280. The molecule has 0 radical (unpaired) electrons. The van der Waals surface area contributed by atoms with Crippen molar-refractivity contribution in [2.45, 2.75) is 43.1 Å². The van der Waals surface area contributed by atoms with Gasteiger partial charge in [0.1, 0.15) is 11.5 Å². The van der Waals surface area contributed by atoms with Crippen molar-refractivity contribution in [3.05, 3.63) is 165 Å². The van der Waals surface area contributed by atoms with Gasteiger partial charge in [0.05, 0.1) is 10.1 Å². The molecule has 3 aliphatic rings. The van der Waals surface area contributed by atoms with Gasteiger partial charge < -0.3 is 14.2 Å². The van der Waals surface area contributed by atoms with Crippen LogP contribution in [-0.4, -0.2) is 28.7 Å². The molecule has 6 nitrogen and oxygen atoms in total. The molecule has 5 aromatic rings. The fourth-order valence-corrected chi connectivity index (χ4v) is 9.87. The minimum atomic E-state index is -1.41. The molecule has 1 saturated heterocycles. The molecular formula is C43H34O6S2. The summed E-state index contributed by atoms with van der Waals surface area (Å²) in [7, 11) is 0. The van der Waals surface area contributed by atoms with Crippen LogP contribution in [0.4, 0.5) is 0 Å². The second kappa shape index (κ2) is 12.5. The van der Waals surface area contributed by atoms with Crippen LogP contribution in [0.5, 0.6) is 11.5 Å². The zero-order valence-corrected chi connectivity index (χ0v) is 29.8. The van der Waals surface area contributed by atoms with Crippen LogP contribution in [0.3, 0.4) is 0 Å². The van der Waals surface area contributed by atoms with Gasteiger partial charge in [-0.15, -0.1) is 11.3 Å². The maximum absolute atomic E-state index is 14.1. The quantitative estimate of drug-likeness (QED) is 0.123. The minimum Gasteiger partial charge on any atom is -0.456 e. The van der Waals surface area contributed by atoms with Crippen LogP contribution < -0.4 is 4.74 Å². The molecule has 2 aliphatic heterocycles. The predicted octanol–water partition coefficient (Wildman–Crippen LogP) is 9.73. The van der Waals surface area contributed by atoms with E-state index in [4.69, 9.17) is 14.2 Å². The van der Waals surface area contributed by atoms with Gasteiger partial charge in [0.2, 0.25) is 0 Å². The second-order valence-corrected chi connectivity index (χ2v) is 15.4. The lowest BCUT2D eigenvalue weighted by molar-refractivity contribution is -0.152. The SMILES string of the molecule is C=C(C)C(=O)OC1(c2cccs2)c2ccccc2C(=O)c2ccc(-c3ccc4c(c3)C(OC(=O)C(=C)C)(C3CCCS3)c3ccccc3O4)cc21. The molecule has 0 spiro atoms. The fraction of sp³-hybridized carbons (Fsp3) is 0.186. The smallest absolute Gasteiger partial charge is 0.334 e. The van der Waals surface area contributed by atoms with E-state index in [0.717, 1.165) is 45.7 Å². The first kappa shape index (κ1) is 33.0. The van der Waals surface area contributed by atoms with Gasteiger partial charge in [0.15, 0.2) is 17.0 Å². The molecule has 51 heavy (non-hydrogen) atoms. The highest BCUT2D eigenvalue weighted by Crippen LogP contribution is 2.57. The maximum atomic E-state index is 14.1. The van der Waals surface area contributed by atoms with Crippen molar-refractivity contribution < 1.29 is 28.6 Å². The van der Waals surface area contributed by atoms with E-state index in [2.05, 4.69) is 13.2 Å². The summed E-state index contributed by atoms with van der Waals surface area (Å²) in [6.07, 6.45) is 1.84. The molecule has 0 bridgehead atoms. The van der Waals surface area contributed by atoms with Crippen LogP contribution in [0.15, 0.2) is 127 Å². The summed E-state index contributed by atoms with van der Waals surface area (Å²) in [5.41, 5.74) is 3.23.